The summed E-state index contributed by atoms with van der Waals surface area (Å²) in [4.78, 5) is 39.4. The van der Waals surface area contributed by atoms with Gasteiger partial charge >= 0.3 is 5.97 Å². The number of aryl methyl sites for hydroxylation is 2. The number of hydrogen-bond acceptors (Lipinski definition) is 7. The van der Waals surface area contributed by atoms with Crippen LogP contribution in [0, 0.1) is 20.8 Å². The highest BCUT2D eigenvalue weighted by atomic mass is 32.1. The molecule has 0 aliphatic rings. The number of carbonyl (C=O) groups is 3. The quantitative estimate of drug-likeness (QED) is 0.217. The molecule has 4 rings (SSSR count). The van der Waals surface area contributed by atoms with E-state index in [0.29, 0.717) is 16.2 Å². The summed E-state index contributed by atoms with van der Waals surface area (Å²) in [5.74, 6) is -0.907. The molecule has 0 unspecified atom stereocenters. The van der Waals surface area contributed by atoms with Crippen molar-refractivity contribution in [2.24, 2.45) is 0 Å². The molecule has 9 heteroatoms. The van der Waals surface area contributed by atoms with Crippen molar-refractivity contribution in [3.63, 3.8) is 0 Å². The first-order valence-electron chi connectivity index (χ1n) is 11.8. The Balaban J connectivity index is 1.56. The second-order valence-corrected chi connectivity index (χ2v) is 9.59. The van der Waals surface area contributed by atoms with Crippen molar-refractivity contribution in [1.29, 1.82) is 0 Å². The van der Waals surface area contributed by atoms with Crippen LogP contribution in [0.3, 0.4) is 0 Å². The summed E-state index contributed by atoms with van der Waals surface area (Å²) >= 11 is 1.27. The van der Waals surface area contributed by atoms with E-state index in [-0.39, 0.29) is 28.7 Å². The van der Waals surface area contributed by atoms with Crippen molar-refractivity contribution in [1.82, 2.24) is 4.57 Å². The van der Waals surface area contributed by atoms with Crippen LogP contribution in [0.25, 0.3) is 5.69 Å². The van der Waals surface area contributed by atoms with Crippen molar-refractivity contribution < 1.29 is 28.6 Å². The zero-order chi connectivity index (χ0) is 27.4. The first-order chi connectivity index (χ1) is 18.2. The minimum Gasteiger partial charge on any atom is -0.493 e. The monoisotopic (exact) mass is 532 g/mol. The summed E-state index contributed by atoms with van der Waals surface area (Å²) in [5.41, 5.74) is 4.40. The highest BCUT2D eigenvalue weighted by molar-refractivity contribution is 7.12. The van der Waals surface area contributed by atoms with Gasteiger partial charge in [-0.1, -0.05) is 23.8 Å². The average molecular weight is 533 g/mol. The molecular weight excluding hydrogens is 504 g/mol. The standard InChI is InChI=1S/C29H28N2O6S/c1-17-8-10-20(11-9-17)31-18(2)13-21(19(31)3)24(32)16-37-29(34)22-14-25(35-4)26(36-5)15-23(22)30-28(33)27-7-6-12-38-27/h6-15H,16H2,1-5H3,(H,30,33). The maximum absolute atomic E-state index is 13.1. The SMILES string of the molecule is COc1cc(NC(=O)c2cccs2)c(C(=O)OCC(=O)c2cc(C)n(-c3ccc(C)cc3)c2C)cc1OC. The third kappa shape index (κ3) is 5.47. The van der Waals surface area contributed by atoms with Gasteiger partial charge in [0.1, 0.15) is 0 Å². The van der Waals surface area contributed by atoms with Gasteiger partial charge in [-0.25, -0.2) is 4.79 Å². The van der Waals surface area contributed by atoms with E-state index in [1.54, 1.807) is 23.6 Å². The topological polar surface area (TPSA) is 95.9 Å². The van der Waals surface area contributed by atoms with Gasteiger partial charge in [-0.05, 0) is 50.4 Å². The smallest absolute Gasteiger partial charge is 0.340 e. The molecule has 1 N–H and O–H groups in total. The molecule has 0 atom stereocenters. The number of ketones is 1. The Morgan fingerprint density at radius 1 is 0.895 bits per heavy atom. The Morgan fingerprint density at radius 3 is 2.21 bits per heavy atom. The lowest BCUT2D eigenvalue weighted by molar-refractivity contribution is 0.0475. The fraction of sp³-hybridized carbons (Fsp3) is 0.207. The van der Waals surface area contributed by atoms with E-state index < -0.39 is 12.6 Å². The van der Waals surface area contributed by atoms with Gasteiger partial charge in [0.15, 0.2) is 18.1 Å². The Labute approximate surface area is 224 Å². The number of ether oxygens (including phenoxy) is 3. The number of benzene rings is 2. The molecule has 0 bridgehead atoms. The number of hydrogen-bond donors (Lipinski definition) is 1. The number of nitrogens with one attached hydrogen (secondary N) is 1. The van der Waals surface area contributed by atoms with Crippen molar-refractivity contribution in [3.8, 4) is 17.2 Å². The molecule has 0 spiro atoms. The second-order valence-electron chi connectivity index (χ2n) is 8.64. The van der Waals surface area contributed by atoms with Crippen molar-refractivity contribution in [2.75, 3.05) is 26.1 Å². The molecule has 0 saturated heterocycles. The van der Waals surface area contributed by atoms with E-state index in [4.69, 9.17) is 14.2 Å². The van der Waals surface area contributed by atoms with Gasteiger partial charge in [0.25, 0.3) is 5.91 Å². The highest BCUT2D eigenvalue weighted by Gasteiger charge is 2.23. The van der Waals surface area contributed by atoms with E-state index in [2.05, 4.69) is 5.32 Å². The predicted molar refractivity (Wildman–Crippen MR) is 146 cm³/mol. The largest absolute Gasteiger partial charge is 0.493 e. The van der Waals surface area contributed by atoms with E-state index >= 15 is 0 Å². The first kappa shape index (κ1) is 26.7. The van der Waals surface area contributed by atoms with Crippen molar-refractivity contribution >= 4 is 34.7 Å². The number of thiophene rings is 1. The van der Waals surface area contributed by atoms with E-state index in [9.17, 15) is 14.4 Å². The van der Waals surface area contributed by atoms with E-state index in [0.717, 1.165) is 22.6 Å². The number of anilines is 1. The molecule has 0 aliphatic carbocycles. The molecule has 2 heterocycles. The number of amides is 1. The van der Waals surface area contributed by atoms with Crippen LogP contribution in [0.5, 0.6) is 11.5 Å². The van der Waals surface area contributed by atoms with Gasteiger partial charge in [-0.15, -0.1) is 11.3 Å². The average Bonchev–Trinajstić information content (AvgIpc) is 3.55. The lowest BCUT2D eigenvalue weighted by Crippen LogP contribution is -2.18. The van der Waals surface area contributed by atoms with Crippen LogP contribution in [0.4, 0.5) is 5.69 Å². The molecule has 4 aromatic rings. The minimum absolute atomic E-state index is 0.0329. The van der Waals surface area contributed by atoms with Crippen LogP contribution >= 0.6 is 11.3 Å². The zero-order valence-electron chi connectivity index (χ0n) is 21.8. The normalized spacial score (nSPS) is 10.7. The zero-order valence-corrected chi connectivity index (χ0v) is 22.6. The molecule has 0 radical (unpaired) electrons. The van der Waals surface area contributed by atoms with Gasteiger partial charge in [0.2, 0.25) is 5.78 Å². The number of carbonyl (C=O) groups excluding carboxylic acids is 3. The molecule has 196 valence electrons. The van der Waals surface area contributed by atoms with E-state index in [1.165, 1.54) is 37.7 Å². The molecule has 0 saturated carbocycles. The molecule has 2 aromatic heterocycles. The third-order valence-electron chi connectivity index (χ3n) is 6.09. The molecule has 0 fully saturated rings. The first-order valence-corrected chi connectivity index (χ1v) is 12.7. The summed E-state index contributed by atoms with van der Waals surface area (Å²) in [6, 6.07) is 16.1. The number of rotatable bonds is 9. The number of Topliss-reactive ketones (excluding diaryl/α,β-unsaturated/α-hetero) is 1. The molecule has 1 amide bonds. The summed E-state index contributed by atoms with van der Waals surface area (Å²) in [7, 11) is 2.89. The Hall–Kier alpha value is -4.37. The Morgan fingerprint density at radius 2 is 1.58 bits per heavy atom. The van der Waals surface area contributed by atoms with Crippen molar-refractivity contribution in [3.05, 3.63) is 92.9 Å². The number of aromatic nitrogens is 1. The number of methoxy groups -OCH3 is 2. The summed E-state index contributed by atoms with van der Waals surface area (Å²) in [5, 5.41) is 4.51. The third-order valence-corrected chi connectivity index (χ3v) is 6.96. The molecule has 8 nitrogen and oxygen atoms in total. The summed E-state index contributed by atoms with van der Waals surface area (Å²) in [6.07, 6.45) is 0. The van der Waals surface area contributed by atoms with Gasteiger partial charge < -0.3 is 24.1 Å². The molecule has 0 aliphatic heterocycles. The van der Waals surface area contributed by atoms with Crippen LogP contribution in [0.2, 0.25) is 0 Å². The fourth-order valence-corrected chi connectivity index (χ4v) is 4.78. The predicted octanol–water partition coefficient (Wildman–Crippen LogP) is 5.77. The molecule has 2 aromatic carbocycles. The fourth-order valence-electron chi connectivity index (χ4n) is 4.17. The summed E-state index contributed by atoms with van der Waals surface area (Å²) < 4.78 is 18.0. The van der Waals surface area contributed by atoms with Gasteiger partial charge in [0, 0.05) is 34.8 Å². The lowest BCUT2D eigenvalue weighted by Gasteiger charge is -2.15. The van der Waals surface area contributed by atoms with Crippen LogP contribution in [-0.2, 0) is 4.74 Å². The van der Waals surface area contributed by atoms with Gasteiger partial charge in [0.05, 0.1) is 30.3 Å². The summed E-state index contributed by atoms with van der Waals surface area (Å²) in [6.45, 7) is 5.32. The lowest BCUT2D eigenvalue weighted by atomic mass is 10.1. The Bertz CT molecular complexity index is 1490. The number of esters is 1. The highest BCUT2D eigenvalue weighted by Crippen LogP contribution is 2.34. The van der Waals surface area contributed by atoms with E-state index in [1.807, 2.05) is 49.6 Å². The van der Waals surface area contributed by atoms with Crippen LogP contribution in [0.15, 0.2) is 60.0 Å². The van der Waals surface area contributed by atoms with Crippen LogP contribution in [-0.4, -0.2) is 43.1 Å². The minimum atomic E-state index is -0.784. The van der Waals surface area contributed by atoms with Crippen LogP contribution in [0.1, 0.15) is 47.3 Å². The number of nitrogens with zero attached hydrogens (tertiary/aromatic N) is 1. The van der Waals surface area contributed by atoms with Crippen LogP contribution < -0.4 is 14.8 Å². The van der Waals surface area contributed by atoms with Crippen molar-refractivity contribution in [2.45, 2.75) is 20.8 Å². The maximum Gasteiger partial charge on any atom is 0.340 e. The molecular formula is C29H28N2O6S. The van der Waals surface area contributed by atoms with Gasteiger partial charge in [-0.2, -0.15) is 0 Å². The Kier molecular flexibility index (Phi) is 7.97. The maximum atomic E-state index is 13.1. The second kappa shape index (κ2) is 11.4. The molecule has 38 heavy (non-hydrogen) atoms. The van der Waals surface area contributed by atoms with Gasteiger partial charge in [-0.3, -0.25) is 9.59 Å².